The van der Waals surface area contributed by atoms with Gasteiger partial charge in [0.1, 0.15) is 5.82 Å². The molecule has 21 heavy (non-hydrogen) atoms. The molecular formula is C15H23FN4O. The topological polar surface area (TPSA) is 65.1 Å². The van der Waals surface area contributed by atoms with Gasteiger partial charge in [-0.3, -0.25) is 0 Å². The van der Waals surface area contributed by atoms with Gasteiger partial charge in [-0.05, 0) is 31.5 Å². The summed E-state index contributed by atoms with van der Waals surface area (Å²) in [4.78, 5) is 4.45. The number of oxime groups is 1. The summed E-state index contributed by atoms with van der Waals surface area (Å²) in [6.07, 6.45) is 2.05. The van der Waals surface area contributed by atoms with Crippen LogP contribution >= 0.6 is 0 Å². The second-order valence-electron chi connectivity index (χ2n) is 5.40. The van der Waals surface area contributed by atoms with Gasteiger partial charge in [-0.15, -0.1) is 0 Å². The molecule has 1 aromatic rings. The fourth-order valence-electron chi connectivity index (χ4n) is 2.93. The number of hydrogen-bond donors (Lipinski definition) is 2. The molecule has 1 aliphatic rings. The van der Waals surface area contributed by atoms with Crippen molar-refractivity contribution in [2.45, 2.75) is 25.8 Å². The number of rotatable bonds is 4. The van der Waals surface area contributed by atoms with E-state index in [1.54, 1.807) is 6.07 Å². The second kappa shape index (κ2) is 6.76. The number of hydrogen-bond acceptors (Lipinski definition) is 4. The molecule has 6 heteroatoms. The molecule has 1 heterocycles. The highest BCUT2D eigenvalue weighted by molar-refractivity contribution is 6.02. The van der Waals surface area contributed by atoms with Crippen LogP contribution in [0.1, 0.15) is 25.3 Å². The minimum Gasteiger partial charge on any atom is -0.409 e. The maximum Gasteiger partial charge on any atom is 0.175 e. The summed E-state index contributed by atoms with van der Waals surface area (Å²) >= 11 is 0. The van der Waals surface area contributed by atoms with Gasteiger partial charge >= 0.3 is 0 Å². The largest absolute Gasteiger partial charge is 0.409 e. The lowest BCUT2D eigenvalue weighted by molar-refractivity contribution is 0.221. The van der Waals surface area contributed by atoms with Crippen LogP contribution in [0, 0.1) is 5.82 Å². The monoisotopic (exact) mass is 294 g/mol. The summed E-state index contributed by atoms with van der Waals surface area (Å²) in [6, 6.07) is 5.11. The normalized spacial score (nSPS) is 18.0. The van der Waals surface area contributed by atoms with Gasteiger partial charge < -0.3 is 20.7 Å². The van der Waals surface area contributed by atoms with Gasteiger partial charge in [0.2, 0.25) is 0 Å². The van der Waals surface area contributed by atoms with E-state index in [1.807, 2.05) is 18.0 Å². The third-order valence-electron chi connectivity index (χ3n) is 4.29. The third kappa shape index (κ3) is 3.26. The van der Waals surface area contributed by atoms with E-state index >= 15 is 0 Å². The van der Waals surface area contributed by atoms with E-state index in [2.05, 4.69) is 17.0 Å². The zero-order valence-corrected chi connectivity index (χ0v) is 12.6. The zero-order valence-electron chi connectivity index (χ0n) is 12.6. The number of amidine groups is 1. The predicted molar refractivity (Wildman–Crippen MR) is 82.4 cm³/mol. The van der Waals surface area contributed by atoms with Gasteiger partial charge in [0.05, 0.1) is 11.3 Å². The molecule has 3 N–H and O–H groups in total. The van der Waals surface area contributed by atoms with Gasteiger partial charge in [0.15, 0.2) is 5.84 Å². The molecule has 0 aliphatic carbocycles. The Morgan fingerprint density at radius 3 is 2.71 bits per heavy atom. The van der Waals surface area contributed by atoms with Gasteiger partial charge in [0.25, 0.3) is 0 Å². The first-order valence-corrected chi connectivity index (χ1v) is 7.30. The van der Waals surface area contributed by atoms with Crippen molar-refractivity contribution in [1.29, 1.82) is 0 Å². The number of nitrogens with zero attached hydrogens (tertiary/aromatic N) is 3. The Bertz CT molecular complexity index is 512. The van der Waals surface area contributed by atoms with Crippen LogP contribution in [0.5, 0.6) is 0 Å². The first-order chi connectivity index (χ1) is 10.1. The van der Waals surface area contributed by atoms with E-state index in [-0.39, 0.29) is 11.4 Å². The highest BCUT2D eigenvalue weighted by Gasteiger charge is 2.25. The average molecular weight is 294 g/mol. The number of likely N-dealkylation sites (tertiary alicyclic amines) is 1. The minimum absolute atomic E-state index is 0.167. The Balaban J connectivity index is 2.24. The van der Waals surface area contributed by atoms with Crippen LogP contribution in [0.3, 0.4) is 0 Å². The number of halogens is 1. The SMILES string of the molecule is CCN1CCC(N(C)c2cccc(F)c2C(N)=NO)CC1. The van der Waals surface area contributed by atoms with Crippen molar-refractivity contribution in [3.63, 3.8) is 0 Å². The van der Waals surface area contributed by atoms with E-state index < -0.39 is 5.82 Å². The Hall–Kier alpha value is -1.82. The lowest BCUT2D eigenvalue weighted by atomic mass is 10.0. The van der Waals surface area contributed by atoms with Crippen molar-refractivity contribution in [2.75, 3.05) is 31.6 Å². The minimum atomic E-state index is -0.472. The molecule has 2 rings (SSSR count). The van der Waals surface area contributed by atoms with E-state index in [1.165, 1.54) is 6.07 Å². The summed E-state index contributed by atoms with van der Waals surface area (Å²) < 4.78 is 14.0. The van der Waals surface area contributed by atoms with E-state index in [4.69, 9.17) is 10.9 Å². The molecule has 0 saturated carbocycles. The predicted octanol–water partition coefficient (Wildman–Crippen LogP) is 1.84. The number of anilines is 1. The summed E-state index contributed by atoms with van der Waals surface area (Å²) in [5.74, 6) is -0.665. The molecule has 116 valence electrons. The maximum absolute atomic E-state index is 14.0. The van der Waals surface area contributed by atoms with Crippen LogP contribution in [0.25, 0.3) is 0 Å². The molecule has 0 atom stereocenters. The van der Waals surface area contributed by atoms with Crippen molar-refractivity contribution >= 4 is 11.5 Å². The van der Waals surface area contributed by atoms with Gasteiger partial charge in [-0.25, -0.2) is 4.39 Å². The lowest BCUT2D eigenvalue weighted by Crippen LogP contribution is -2.44. The van der Waals surface area contributed by atoms with Crippen molar-refractivity contribution in [3.8, 4) is 0 Å². The Morgan fingerprint density at radius 2 is 2.14 bits per heavy atom. The van der Waals surface area contributed by atoms with Crippen LogP contribution in [-0.4, -0.2) is 48.7 Å². The smallest absolute Gasteiger partial charge is 0.175 e. The Labute approximate surface area is 124 Å². The molecule has 1 fully saturated rings. The molecule has 1 aliphatic heterocycles. The van der Waals surface area contributed by atoms with Crippen molar-refractivity contribution < 1.29 is 9.60 Å². The summed E-state index contributed by atoms with van der Waals surface area (Å²) in [5, 5.41) is 11.8. The zero-order chi connectivity index (χ0) is 15.4. The molecule has 0 unspecified atom stereocenters. The van der Waals surface area contributed by atoms with Crippen molar-refractivity contribution in [3.05, 3.63) is 29.6 Å². The summed E-state index contributed by atoms with van der Waals surface area (Å²) in [6.45, 7) is 5.30. The number of benzene rings is 1. The van der Waals surface area contributed by atoms with Gasteiger partial charge in [0, 0.05) is 26.2 Å². The molecule has 0 amide bonds. The van der Waals surface area contributed by atoms with Crippen molar-refractivity contribution in [1.82, 2.24) is 4.90 Å². The summed E-state index contributed by atoms with van der Waals surface area (Å²) in [5.41, 5.74) is 6.47. The highest BCUT2D eigenvalue weighted by atomic mass is 19.1. The molecule has 5 nitrogen and oxygen atoms in total. The van der Waals surface area contributed by atoms with E-state index in [0.29, 0.717) is 11.7 Å². The van der Waals surface area contributed by atoms with Crippen LogP contribution in [0.15, 0.2) is 23.4 Å². The van der Waals surface area contributed by atoms with Crippen LogP contribution in [-0.2, 0) is 0 Å². The first-order valence-electron chi connectivity index (χ1n) is 7.30. The maximum atomic E-state index is 14.0. The molecule has 0 spiro atoms. The van der Waals surface area contributed by atoms with Crippen LogP contribution in [0.2, 0.25) is 0 Å². The molecule has 0 radical (unpaired) electrons. The molecule has 1 saturated heterocycles. The highest BCUT2D eigenvalue weighted by Crippen LogP contribution is 2.27. The fourth-order valence-corrected chi connectivity index (χ4v) is 2.93. The molecule has 0 aromatic heterocycles. The fraction of sp³-hybridized carbons (Fsp3) is 0.533. The number of nitrogens with two attached hydrogens (primary N) is 1. The number of piperidine rings is 1. The second-order valence-corrected chi connectivity index (χ2v) is 5.40. The quantitative estimate of drug-likeness (QED) is 0.385. The first kappa shape index (κ1) is 15.6. The van der Waals surface area contributed by atoms with E-state index in [9.17, 15) is 4.39 Å². The van der Waals surface area contributed by atoms with Gasteiger partial charge in [-0.2, -0.15) is 0 Å². The third-order valence-corrected chi connectivity index (χ3v) is 4.29. The standard InChI is InChI=1S/C15H23FN4O/c1-3-20-9-7-11(8-10-20)19(2)13-6-4-5-12(16)14(13)15(17)18-21/h4-6,11,21H,3,7-10H2,1-2H3,(H2,17,18). The average Bonchev–Trinajstić information content (AvgIpc) is 2.53. The van der Waals surface area contributed by atoms with Crippen molar-refractivity contribution in [2.24, 2.45) is 10.9 Å². The van der Waals surface area contributed by atoms with Crippen LogP contribution < -0.4 is 10.6 Å². The molecule has 1 aromatic carbocycles. The Morgan fingerprint density at radius 1 is 1.48 bits per heavy atom. The molecular weight excluding hydrogens is 271 g/mol. The van der Waals surface area contributed by atoms with Gasteiger partial charge in [-0.1, -0.05) is 18.1 Å². The van der Waals surface area contributed by atoms with E-state index in [0.717, 1.165) is 32.5 Å². The summed E-state index contributed by atoms with van der Waals surface area (Å²) in [7, 11) is 1.94. The Kier molecular flexibility index (Phi) is 5.01. The molecule has 0 bridgehead atoms. The lowest BCUT2D eigenvalue weighted by Gasteiger charge is -2.38. The van der Waals surface area contributed by atoms with Crippen LogP contribution in [0.4, 0.5) is 10.1 Å².